The average molecular weight is 256 g/mol. The number of ether oxygens (including phenoxy) is 1. The van der Waals surface area contributed by atoms with Gasteiger partial charge in [0.05, 0.1) is 7.11 Å². The van der Waals surface area contributed by atoms with Gasteiger partial charge in [-0.15, -0.1) is 0 Å². The van der Waals surface area contributed by atoms with Crippen LogP contribution in [0.25, 0.3) is 11.4 Å². The topological polar surface area (TPSA) is 73.1 Å². The number of benzene rings is 1. The molecule has 1 aliphatic carbocycles. The van der Waals surface area contributed by atoms with Crippen LogP contribution in [0.15, 0.2) is 24.3 Å². The van der Waals surface area contributed by atoms with E-state index in [0.29, 0.717) is 5.82 Å². The fourth-order valence-electron chi connectivity index (χ4n) is 2.44. The Morgan fingerprint density at radius 3 is 2.95 bits per heavy atom. The van der Waals surface area contributed by atoms with Crippen LogP contribution in [0.3, 0.4) is 0 Å². The van der Waals surface area contributed by atoms with E-state index in [1.54, 1.807) is 7.11 Å². The second-order valence-electron chi connectivity index (χ2n) is 4.55. The maximum Gasteiger partial charge on any atom is 0.161 e. The van der Waals surface area contributed by atoms with E-state index in [0.717, 1.165) is 47.7 Å². The molecule has 5 nitrogen and oxygen atoms in total. The van der Waals surface area contributed by atoms with Gasteiger partial charge in [-0.25, -0.2) is 15.8 Å². The van der Waals surface area contributed by atoms with Crippen molar-refractivity contribution in [2.24, 2.45) is 5.84 Å². The van der Waals surface area contributed by atoms with Gasteiger partial charge in [0.15, 0.2) is 5.82 Å². The molecule has 0 amide bonds. The zero-order valence-electron chi connectivity index (χ0n) is 10.8. The van der Waals surface area contributed by atoms with Crippen LogP contribution in [0, 0.1) is 0 Å². The molecular weight excluding hydrogens is 240 g/mol. The highest BCUT2D eigenvalue weighted by molar-refractivity contribution is 5.62. The van der Waals surface area contributed by atoms with Gasteiger partial charge < -0.3 is 10.2 Å². The molecule has 0 bridgehead atoms. The third-order valence-corrected chi connectivity index (χ3v) is 3.40. The third-order valence-electron chi connectivity index (χ3n) is 3.40. The molecule has 0 radical (unpaired) electrons. The van der Waals surface area contributed by atoms with Crippen LogP contribution in [0.5, 0.6) is 5.75 Å². The standard InChI is InChI=1S/C14H16N4O/c1-19-10-5-2-4-9(8-10)13-16-12-7-3-6-11(12)14(17-13)18-15/h2,4-5,8H,3,6-7,15H2,1H3,(H,16,17,18). The molecule has 5 heteroatoms. The van der Waals surface area contributed by atoms with Gasteiger partial charge in [0.1, 0.15) is 11.6 Å². The molecule has 98 valence electrons. The number of rotatable bonds is 3. The van der Waals surface area contributed by atoms with Gasteiger partial charge in [-0.1, -0.05) is 12.1 Å². The molecular formula is C14H16N4O. The van der Waals surface area contributed by atoms with E-state index in [-0.39, 0.29) is 0 Å². The number of hydrogen-bond donors (Lipinski definition) is 2. The van der Waals surface area contributed by atoms with Gasteiger partial charge in [-0.3, -0.25) is 0 Å². The summed E-state index contributed by atoms with van der Waals surface area (Å²) >= 11 is 0. The van der Waals surface area contributed by atoms with Crippen molar-refractivity contribution in [2.75, 3.05) is 12.5 Å². The molecule has 0 fully saturated rings. The van der Waals surface area contributed by atoms with Crippen LogP contribution in [-0.2, 0) is 12.8 Å². The van der Waals surface area contributed by atoms with Crippen molar-refractivity contribution in [3.8, 4) is 17.1 Å². The largest absolute Gasteiger partial charge is 0.497 e. The van der Waals surface area contributed by atoms with E-state index >= 15 is 0 Å². The fraction of sp³-hybridized carbons (Fsp3) is 0.286. The summed E-state index contributed by atoms with van der Waals surface area (Å²) in [6.07, 6.45) is 3.09. The summed E-state index contributed by atoms with van der Waals surface area (Å²) in [7, 11) is 1.65. The monoisotopic (exact) mass is 256 g/mol. The van der Waals surface area contributed by atoms with Crippen molar-refractivity contribution in [3.63, 3.8) is 0 Å². The Balaban J connectivity index is 2.10. The second-order valence-corrected chi connectivity index (χ2v) is 4.55. The van der Waals surface area contributed by atoms with Gasteiger partial charge in [0.25, 0.3) is 0 Å². The van der Waals surface area contributed by atoms with Crippen LogP contribution in [0.1, 0.15) is 17.7 Å². The molecule has 1 aromatic carbocycles. The second kappa shape index (κ2) is 4.85. The summed E-state index contributed by atoms with van der Waals surface area (Å²) in [5.74, 6) is 7.78. The molecule has 0 unspecified atom stereocenters. The van der Waals surface area contributed by atoms with Crippen molar-refractivity contribution in [3.05, 3.63) is 35.5 Å². The first-order valence-corrected chi connectivity index (χ1v) is 6.32. The van der Waals surface area contributed by atoms with E-state index in [4.69, 9.17) is 10.6 Å². The maximum atomic E-state index is 5.56. The number of aromatic nitrogens is 2. The number of nitrogens with zero attached hydrogens (tertiary/aromatic N) is 2. The molecule has 1 aromatic heterocycles. The van der Waals surface area contributed by atoms with Crippen LogP contribution in [-0.4, -0.2) is 17.1 Å². The van der Waals surface area contributed by atoms with E-state index < -0.39 is 0 Å². The molecule has 0 atom stereocenters. The molecule has 2 aromatic rings. The first-order chi connectivity index (χ1) is 9.31. The smallest absolute Gasteiger partial charge is 0.161 e. The van der Waals surface area contributed by atoms with Crippen molar-refractivity contribution >= 4 is 5.82 Å². The number of nitrogens with two attached hydrogens (primary N) is 1. The number of hydrogen-bond acceptors (Lipinski definition) is 5. The first-order valence-electron chi connectivity index (χ1n) is 6.32. The predicted molar refractivity (Wildman–Crippen MR) is 73.9 cm³/mol. The van der Waals surface area contributed by atoms with Crippen LogP contribution >= 0.6 is 0 Å². The number of methoxy groups -OCH3 is 1. The zero-order chi connectivity index (χ0) is 13.2. The molecule has 0 saturated carbocycles. The minimum atomic E-state index is 0.688. The molecule has 0 saturated heterocycles. The number of nitrogens with one attached hydrogen (secondary N) is 1. The summed E-state index contributed by atoms with van der Waals surface area (Å²) in [6, 6.07) is 7.73. The summed E-state index contributed by atoms with van der Waals surface area (Å²) in [4.78, 5) is 9.15. The molecule has 1 heterocycles. The minimum absolute atomic E-state index is 0.688. The van der Waals surface area contributed by atoms with E-state index in [2.05, 4.69) is 15.4 Å². The molecule has 3 N–H and O–H groups in total. The highest BCUT2D eigenvalue weighted by Gasteiger charge is 2.19. The predicted octanol–water partition coefficient (Wildman–Crippen LogP) is 1.93. The molecule has 3 rings (SSSR count). The molecule has 1 aliphatic rings. The Bertz CT molecular complexity index is 612. The normalized spacial score (nSPS) is 13.2. The van der Waals surface area contributed by atoms with Gasteiger partial charge in [0.2, 0.25) is 0 Å². The fourth-order valence-corrected chi connectivity index (χ4v) is 2.44. The zero-order valence-corrected chi connectivity index (χ0v) is 10.8. The first kappa shape index (κ1) is 11.9. The lowest BCUT2D eigenvalue weighted by atomic mass is 10.1. The van der Waals surface area contributed by atoms with Gasteiger partial charge >= 0.3 is 0 Å². The van der Waals surface area contributed by atoms with Crippen LogP contribution < -0.4 is 16.0 Å². The van der Waals surface area contributed by atoms with E-state index in [1.165, 1.54) is 0 Å². The lowest BCUT2D eigenvalue weighted by Gasteiger charge is -2.10. The highest BCUT2D eigenvalue weighted by atomic mass is 16.5. The lowest BCUT2D eigenvalue weighted by molar-refractivity contribution is 0.415. The number of hydrazine groups is 1. The maximum absolute atomic E-state index is 5.56. The van der Waals surface area contributed by atoms with E-state index in [9.17, 15) is 0 Å². The Hall–Kier alpha value is -2.14. The Morgan fingerprint density at radius 1 is 1.26 bits per heavy atom. The van der Waals surface area contributed by atoms with Crippen molar-refractivity contribution < 1.29 is 4.74 Å². The number of aryl methyl sites for hydroxylation is 1. The summed E-state index contributed by atoms with van der Waals surface area (Å²) in [6.45, 7) is 0. The van der Waals surface area contributed by atoms with Gasteiger partial charge in [-0.05, 0) is 31.4 Å². The summed E-state index contributed by atoms with van der Waals surface area (Å²) in [5, 5.41) is 0. The Kier molecular flexibility index (Phi) is 3.05. The Labute approximate surface area is 111 Å². The number of anilines is 1. The van der Waals surface area contributed by atoms with E-state index in [1.807, 2.05) is 24.3 Å². The minimum Gasteiger partial charge on any atom is -0.497 e. The van der Waals surface area contributed by atoms with Crippen LogP contribution in [0.4, 0.5) is 5.82 Å². The van der Waals surface area contributed by atoms with Crippen molar-refractivity contribution in [2.45, 2.75) is 19.3 Å². The number of fused-ring (bicyclic) bond motifs is 1. The van der Waals surface area contributed by atoms with Crippen LogP contribution in [0.2, 0.25) is 0 Å². The quantitative estimate of drug-likeness (QED) is 0.648. The van der Waals surface area contributed by atoms with Gasteiger partial charge in [0, 0.05) is 16.8 Å². The van der Waals surface area contributed by atoms with Crippen molar-refractivity contribution in [1.82, 2.24) is 9.97 Å². The SMILES string of the molecule is COc1cccc(-c2nc3c(c(NN)n2)CCC3)c1. The highest BCUT2D eigenvalue weighted by Crippen LogP contribution is 2.29. The Morgan fingerprint density at radius 2 is 2.16 bits per heavy atom. The van der Waals surface area contributed by atoms with Gasteiger partial charge in [-0.2, -0.15) is 0 Å². The average Bonchev–Trinajstić information content (AvgIpc) is 2.94. The summed E-state index contributed by atoms with van der Waals surface area (Å²) in [5.41, 5.74) is 5.86. The lowest BCUT2D eigenvalue weighted by Crippen LogP contribution is -2.12. The summed E-state index contributed by atoms with van der Waals surface area (Å²) < 4.78 is 5.23. The third kappa shape index (κ3) is 2.13. The molecule has 19 heavy (non-hydrogen) atoms. The molecule has 0 aliphatic heterocycles. The number of nitrogen functional groups attached to an aromatic ring is 1. The molecule has 0 spiro atoms. The van der Waals surface area contributed by atoms with Crippen molar-refractivity contribution in [1.29, 1.82) is 0 Å².